The van der Waals surface area contributed by atoms with E-state index in [9.17, 15) is 18.3 Å². The molecule has 0 spiro atoms. The molecule has 0 aliphatic rings. The lowest BCUT2D eigenvalue weighted by atomic mass is 10.1. The van der Waals surface area contributed by atoms with Crippen molar-refractivity contribution in [3.63, 3.8) is 0 Å². The average molecular weight is 323 g/mol. The van der Waals surface area contributed by atoms with Gasteiger partial charge in [0.25, 0.3) is 0 Å². The van der Waals surface area contributed by atoms with Gasteiger partial charge in [0.15, 0.2) is 0 Å². The lowest BCUT2D eigenvalue weighted by molar-refractivity contribution is -0.140. The fourth-order valence-corrected chi connectivity index (χ4v) is 2.28. The summed E-state index contributed by atoms with van der Waals surface area (Å²) in [5, 5.41) is 10.1. The number of fused-ring (bicyclic) bond motifs is 1. The summed E-state index contributed by atoms with van der Waals surface area (Å²) in [6.45, 7) is 1.88. The van der Waals surface area contributed by atoms with E-state index >= 15 is 0 Å². The maximum absolute atomic E-state index is 12.8. The van der Waals surface area contributed by atoms with Crippen LogP contribution in [0.1, 0.15) is 17.1 Å². The van der Waals surface area contributed by atoms with Gasteiger partial charge in [-0.05, 0) is 31.2 Å². The molecule has 23 heavy (non-hydrogen) atoms. The zero-order valence-electron chi connectivity index (χ0n) is 12.0. The molecule has 120 valence electrons. The predicted octanol–water partition coefficient (Wildman–Crippen LogP) is 3.38. The lowest BCUT2D eigenvalue weighted by Crippen LogP contribution is -2.07. The highest BCUT2D eigenvalue weighted by molar-refractivity contribution is 5.96. The first kappa shape index (κ1) is 15.3. The number of rotatable bonds is 2. The second-order valence-electron chi connectivity index (χ2n) is 4.95. The van der Waals surface area contributed by atoms with Gasteiger partial charge < -0.3 is 15.3 Å². The molecule has 0 aliphatic heterocycles. The topological polar surface area (TPSA) is 85.2 Å². The zero-order valence-corrected chi connectivity index (χ0v) is 12.0. The first-order valence-corrected chi connectivity index (χ1v) is 6.68. The van der Waals surface area contributed by atoms with Gasteiger partial charge in [0.2, 0.25) is 5.89 Å². The Hall–Kier alpha value is -2.61. The third kappa shape index (κ3) is 2.61. The molecule has 8 heteroatoms. The maximum Gasteiger partial charge on any atom is 0.433 e. The summed E-state index contributed by atoms with van der Waals surface area (Å²) in [5.41, 5.74) is 5.32. The van der Waals surface area contributed by atoms with Crippen LogP contribution in [0.25, 0.3) is 22.4 Å². The molecule has 0 aliphatic carbocycles. The van der Waals surface area contributed by atoms with E-state index < -0.39 is 11.9 Å². The van der Waals surface area contributed by atoms with Crippen molar-refractivity contribution < 1.29 is 22.7 Å². The molecule has 0 atom stereocenters. The predicted molar refractivity (Wildman–Crippen MR) is 76.5 cm³/mol. The van der Waals surface area contributed by atoms with Crippen molar-refractivity contribution in [2.45, 2.75) is 19.6 Å². The van der Waals surface area contributed by atoms with Crippen molar-refractivity contribution in [1.82, 2.24) is 9.97 Å². The number of aromatic nitrogens is 2. The van der Waals surface area contributed by atoms with Gasteiger partial charge in [-0.15, -0.1) is 0 Å². The van der Waals surface area contributed by atoms with E-state index in [1.54, 1.807) is 6.92 Å². The molecule has 3 rings (SSSR count). The van der Waals surface area contributed by atoms with E-state index in [-0.39, 0.29) is 23.7 Å². The minimum absolute atomic E-state index is 0.158. The number of halogens is 3. The van der Waals surface area contributed by atoms with Gasteiger partial charge in [-0.2, -0.15) is 13.2 Å². The number of hydrogen-bond donors (Lipinski definition) is 2. The SMILES string of the molecule is Cc1nc(-c2ccc(O)c3nc(C(F)(F)F)ccc23)oc1CN. The number of nitrogens with two attached hydrogens (primary N) is 1. The number of phenols is 1. The molecule has 0 bridgehead atoms. The van der Waals surface area contributed by atoms with Crippen LogP contribution in [0.3, 0.4) is 0 Å². The average Bonchev–Trinajstić information content (AvgIpc) is 2.87. The number of oxazole rings is 1. The minimum Gasteiger partial charge on any atom is -0.506 e. The van der Waals surface area contributed by atoms with Crippen molar-refractivity contribution in [1.29, 1.82) is 0 Å². The van der Waals surface area contributed by atoms with Gasteiger partial charge in [0, 0.05) is 10.9 Å². The molecular formula is C15H12F3N3O2. The maximum atomic E-state index is 12.8. The van der Waals surface area contributed by atoms with Crippen molar-refractivity contribution >= 4 is 10.9 Å². The van der Waals surface area contributed by atoms with Crippen LogP contribution in [0, 0.1) is 6.92 Å². The second kappa shape index (κ2) is 5.24. The summed E-state index contributed by atoms with van der Waals surface area (Å²) in [6.07, 6.45) is -4.59. The van der Waals surface area contributed by atoms with Crippen LogP contribution in [0.15, 0.2) is 28.7 Å². The monoisotopic (exact) mass is 323 g/mol. The van der Waals surface area contributed by atoms with Crippen LogP contribution in [-0.2, 0) is 12.7 Å². The molecule has 0 saturated heterocycles. The molecule has 0 amide bonds. The molecule has 5 nitrogen and oxygen atoms in total. The number of aryl methyl sites for hydroxylation is 1. The Balaban J connectivity index is 2.24. The fraction of sp³-hybridized carbons (Fsp3) is 0.200. The summed E-state index contributed by atoms with van der Waals surface area (Å²) < 4.78 is 43.9. The Labute approximate surface area is 128 Å². The molecule has 2 aromatic heterocycles. The van der Waals surface area contributed by atoms with Gasteiger partial charge in [-0.3, -0.25) is 0 Å². The highest BCUT2D eigenvalue weighted by atomic mass is 19.4. The van der Waals surface area contributed by atoms with Crippen LogP contribution in [0.4, 0.5) is 13.2 Å². The highest BCUT2D eigenvalue weighted by Crippen LogP contribution is 2.36. The first-order valence-electron chi connectivity index (χ1n) is 6.68. The highest BCUT2D eigenvalue weighted by Gasteiger charge is 2.33. The standard InChI is InChI=1S/C15H12F3N3O2/c1-7-11(6-19)23-14(20-7)9-2-4-10(22)13-8(9)3-5-12(21-13)15(16,17)18/h2-5,22H,6,19H2,1H3. The molecule has 3 N–H and O–H groups in total. The van der Waals surface area contributed by atoms with E-state index in [0.29, 0.717) is 22.4 Å². The molecule has 0 radical (unpaired) electrons. The number of pyridine rings is 1. The van der Waals surface area contributed by atoms with Crippen molar-refractivity contribution in [2.24, 2.45) is 5.73 Å². The Kier molecular flexibility index (Phi) is 3.48. The van der Waals surface area contributed by atoms with Gasteiger partial charge in [0.05, 0.1) is 12.2 Å². The van der Waals surface area contributed by atoms with E-state index in [2.05, 4.69) is 9.97 Å². The fourth-order valence-electron chi connectivity index (χ4n) is 2.28. The summed E-state index contributed by atoms with van der Waals surface area (Å²) >= 11 is 0. The third-order valence-electron chi connectivity index (χ3n) is 3.43. The lowest BCUT2D eigenvalue weighted by Gasteiger charge is -2.09. The van der Waals surface area contributed by atoms with Crippen molar-refractivity contribution in [2.75, 3.05) is 0 Å². The van der Waals surface area contributed by atoms with Crippen LogP contribution in [0.2, 0.25) is 0 Å². The van der Waals surface area contributed by atoms with Crippen LogP contribution < -0.4 is 5.73 Å². The summed E-state index contributed by atoms with van der Waals surface area (Å²) in [5.74, 6) is 0.354. The Morgan fingerprint density at radius 1 is 1.17 bits per heavy atom. The molecule has 0 fully saturated rings. The molecule has 1 aromatic carbocycles. The van der Waals surface area contributed by atoms with Gasteiger partial charge in [-0.1, -0.05) is 0 Å². The van der Waals surface area contributed by atoms with Crippen molar-refractivity contribution in [3.05, 3.63) is 41.4 Å². The van der Waals surface area contributed by atoms with E-state index in [1.165, 1.54) is 18.2 Å². The molecule has 0 unspecified atom stereocenters. The largest absolute Gasteiger partial charge is 0.506 e. The normalized spacial score (nSPS) is 12.0. The smallest absolute Gasteiger partial charge is 0.433 e. The van der Waals surface area contributed by atoms with E-state index in [0.717, 1.165) is 6.07 Å². The number of hydrogen-bond acceptors (Lipinski definition) is 5. The third-order valence-corrected chi connectivity index (χ3v) is 3.43. The zero-order chi connectivity index (χ0) is 16.8. The summed E-state index contributed by atoms with van der Waals surface area (Å²) in [4.78, 5) is 7.74. The van der Waals surface area contributed by atoms with Gasteiger partial charge in [-0.25, -0.2) is 9.97 Å². The minimum atomic E-state index is -4.59. The summed E-state index contributed by atoms with van der Waals surface area (Å²) in [7, 11) is 0. The van der Waals surface area contributed by atoms with Crippen LogP contribution in [0.5, 0.6) is 5.75 Å². The second-order valence-corrected chi connectivity index (χ2v) is 4.95. The quantitative estimate of drug-likeness (QED) is 0.755. The Morgan fingerprint density at radius 2 is 1.91 bits per heavy atom. The Morgan fingerprint density at radius 3 is 2.52 bits per heavy atom. The van der Waals surface area contributed by atoms with Crippen molar-refractivity contribution in [3.8, 4) is 17.2 Å². The van der Waals surface area contributed by atoms with E-state index in [4.69, 9.17) is 10.2 Å². The van der Waals surface area contributed by atoms with Crippen LogP contribution >= 0.6 is 0 Å². The Bertz CT molecular complexity index is 888. The summed E-state index contributed by atoms with van der Waals surface area (Å²) in [6, 6.07) is 4.86. The van der Waals surface area contributed by atoms with E-state index in [1.807, 2.05) is 0 Å². The van der Waals surface area contributed by atoms with Gasteiger partial charge in [0.1, 0.15) is 22.7 Å². The van der Waals surface area contributed by atoms with Crippen LogP contribution in [-0.4, -0.2) is 15.1 Å². The number of alkyl halides is 3. The molecular weight excluding hydrogens is 311 g/mol. The number of nitrogens with zero attached hydrogens (tertiary/aromatic N) is 2. The number of phenolic OH excluding ortho intramolecular Hbond substituents is 1. The van der Waals surface area contributed by atoms with Gasteiger partial charge >= 0.3 is 6.18 Å². The number of aromatic hydroxyl groups is 1. The molecule has 2 heterocycles. The molecule has 0 saturated carbocycles. The number of benzene rings is 1. The first-order chi connectivity index (χ1) is 10.8. The molecule has 3 aromatic rings.